The molecule has 20 heavy (non-hydrogen) atoms. The minimum atomic E-state index is 0.0655. The van der Waals surface area contributed by atoms with Gasteiger partial charge in [0.2, 0.25) is 0 Å². The number of thioether (sulfide) groups is 1. The highest BCUT2D eigenvalue weighted by molar-refractivity contribution is 7.98. The van der Waals surface area contributed by atoms with Crippen LogP contribution in [0, 0.1) is 6.92 Å². The molecule has 2 nitrogen and oxygen atoms in total. The lowest BCUT2D eigenvalue weighted by Gasteiger charge is -2.12. The van der Waals surface area contributed by atoms with E-state index in [2.05, 4.69) is 31.2 Å². The normalized spacial score (nSPS) is 12.2. The average molecular weight is 287 g/mol. The summed E-state index contributed by atoms with van der Waals surface area (Å²) < 4.78 is 5.15. The summed E-state index contributed by atoms with van der Waals surface area (Å²) in [6.45, 7) is 2.12. The predicted molar refractivity (Wildman–Crippen MR) is 87.3 cm³/mol. The monoisotopic (exact) mass is 287 g/mol. The van der Waals surface area contributed by atoms with Gasteiger partial charge in [-0.2, -0.15) is 11.8 Å². The second-order valence-corrected chi connectivity index (χ2v) is 5.91. The van der Waals surface area contributed by atoms with Crippen LogP contribution in [-0.2, 0) is 5.75 Å². The maximum atomic E-state index is 6.22. The van der Waals surface area contributed by atoms with E-state index in [1.165, 1.54) is 11.1 Å². The molecule has 0 bridgehead atoms. The average Bonchev–Trinajstić information content (AvgIpc) is 2.47. The standard InChI is InChI=1S/C17H21NOS/c1-13-4-3-5-14(10-13)11-20-12-17(18)15-6-8-16(19-2)9-7-15/h3-10,17H,11-12,18H2,1-2H3. The van der Waals surface area contributed by atoms with Crippen LogP contribution in [-0.4, -0.2) is 12.9 Å². The largest absolute Gasteiger partial charge is 0.497 e. The molecule has 0 fully saturated rings. The molecule has 0 aromatic heterocycles. The summed E-state index contributed by atoms with van der Waals surface area (Å²) in [5, 5.41) is 0. The number of nitrogens with two attached hydrogens (primary N) is 1. The van der Waals surface area contributed by atoms with Crippen molar-refractivity contribution in [3.63, 3.8) is 0 Å². The van der Waals surface area contributed by atoms with Crippen LogP contribution in [0.1, 0.15) is 22.7 Å². The molecule has 0 aliphatic rings. The third-order valence-electron chi connectivity index (χ3n) is 3.19. The molecule has 3 heteroatoms. The van der Waals surface area contributed by atoms with Gasteiger partial charge in [0.15, 0.2) is 0 Å². The van der Waals surface area contributed by atoms with Crippen molar-refractivity contribution in [3.05, 3.63) is 65.2 Å². The Morgan fingerprint density at radius 2 is 1.90 bits per heavy atom. The van der Waals surface area contributed by atoms with Gasteiger partial charge in [0, 0.05) is 17.5 Å². The summed E-state index contributed by atoms with van der Waals surface area (Å²) >= 11 is 1.87. The fraction of sp³-hybridized carbons (Fsp3) is 0.294. The van der Waals surface area contributed by atoms with Gasteiger partial charge in [0.1, 0.15) is 5.75 Å². The number of hydrogen-bond acceptors (Lipinski definition) is 3. The lowest BCUT2D eigenvalue weighted by atomic mass is 10.1. The molecule has 2 rings (SSSR count). The Hall–Kier alpha value is -1.45. The van der Waals surface area contributed by atoms with Gasteiger partial charge >= 0.3 is 0 Å². The molecule has 2 aromatic carbocycles. The molecular weight excluding hydrogens is 266 g/mol. The highest BCUT2D eigenvalue weighted by atomic mass is 32.2. The van der Waals surface area contributed by atoms with E-state index in [0.717, 1.165) is 22.8 Å². The van der Waals surface area contributed by atoms with Crippen LogP contribution in [0.25, 0.3) is 0 Å². The maximum Gasteiger partial charge on any atom is 0.118 e. The third kappa shape index (κ3) is 4.29. The van der Waals surface area contributed by atoms with E-state index < -0.39 is 0 Å². The molecule has 0 amide bonds. The van der Waals surface area contributed by atoms with Crippen LogP contribution in [0.3, 0.4) is 0 Å². The van der Waals surface area contributed by atoms with E-state index in [9.17, 15) is 0 Å². The molecule has 0 spiro atoms. The van der Waals surface area contributed by atoms with Gasteiger partial charge in [-0.15, -0.1) is 0 Å². The van der Waals surface area contributed by atoms with Crippen LogP contribution >= 0.6 is 11.8 Å². The minimum absolute atomic E-state index is 0.0655. The Kier molecular flexibility index (Phi) is 5.50. The van der Waals surface area contributed by atoms with E-state index in [1.54, 1.807) is 7.11 Å². The fourth-order valence-electron chi connectivity index (χ4n) is 2.05. The Balaban J connectivity index is 1.83. The van der Waals surface area contributed by atoms with E-state index in [0.29, 0.717) is 0 Å². The highest BCUT2D eigenvalue weighted by Gasteiger charge is 2.06. The topological polar surface area (TPSA) is 35.2 Å². The van der Waals surface area contributed by atoms with Crippen LogP contribution in [0.15, 0.2) is 48.5 Å². The number of rotatable bonds is 6. The zero-order valence-electron chi connectivity index (χ0n) is 12.0. The maximum absolute atomic E-state index is 6.22. The van der Waals surface area contributed by atoms with Gasteiger partial charge in [-0.05, 0) is 30.2 Å². The molecule has 0 radical (unpaired) electrons. The number of aryl methyl sites for hydroxylation is 1. The van der Waals surface area contributed by atoms with Crippen molar-refractivity contribution in [2.75, 3.05) is 12.9 Å². The predicted octanol–water partition coefficient (Wildman–Crippen LogP) is 3.94. The number of hydrogen-bond donors (Lipinski definition) is 1. The molecule has 0 saturated carbocycles. The van der Waals surface area contributed by atoms with E-state index in [1.807, 2.05) is 36.0 Å². The summed E-state index contributed by atoms with van der Waals surface area (Å²) in [6, 6.07) is 16.7. The van der Waals surface area contributed by atoms with Crippen LogP contribution in [0.5, 0.6) is 5.75 Å². The van der Waals surface area contributed by atoms with Crippen molar-refractivity contribution in [2.45, 2.75) is 18.7 Å². The first kappa shape index (κ1) is 14.9. The van der Waals surface area contributed by atoms with Gasteiger partial charge in [-0.3, -0.25) is 0 Å². The lowest BCUT2D eigenvalue weighted by molar-refractivity contribution is 0.414. The molecular formula is C17H21NOS. The minimum Gasteiger partial charge on any atom is -0.497 e. The number of benzene rings is 2. The Morgan fingerprint density at radius 3 is 2.55 bits per heavy atom. The summed E-state index contributed by atoms with van der Waals surface area (Å²) in [6.07, 6.45) is 0. The first-order valence-electron chi connectivity index (χ1n) is 6.72. The van der Waals surface area contributed by atoms with Crippen LogP contribution in [0.4, 0.5) is 0 Å². The van der Waals surface area contributed by atoms with Crippen molar-refractivity contribution in [3.8, 4) is 5.75 Å². The molecule has 0 heterocycles. The van der Waals surface area contributed by atoms with Gasteiger partial charge in [-0.1, -0.05) is 42.0 Å². The van der Waals surface area contributed by atoms with Crippen molar-refractivity contribution < 1.29 is 4.74 Å². The van der Waals surface area contributed by atoms with Gasteiger partial charge < -0.3 is 10.5 Å². The van der Waals surface area contributed by atoms with Crippen molar-refractivity contribution in [1.29, 1.82) is 0 Å². The fourth-order valence-corrected chi connectivity index (χ4v) is 3.03. The van der Waals surface area contributed by atoms with Crippen molar-refractivity contribution in [1.82, 2.24) is 0 Å². The number of ether oxygens (including phenoxy) is 1. The van der Waals surface area contributed by atoms with Crippen molar-refractivity contribution in [2.24, 2.45) is 5.73 Å². The quantitative estimate of drug-likeness (QED) is 0.874. The third-order valence-corrected chi connectivity index (χ3v) is 4.32. The molecule has 2 aromatic rings. The Labute approximate surface area is 125 Å². The zero-order valence-corrected chi connectivity index (χ0v) is 12.8. The van der Waals surface area contributed by atoms with Gasteiger partial charge in [0.05, 0.1) is 7.11 Å². The lowest BCUT2D eigenvalue weighted by Crippen LogP contribution is -2.13. The summed E-state index contributed by atoms with van der Waals surface area (Å²) in [4.78, 5) is 0. The SMILES string of the molecule is COc1ccc(C(N)CSCc2cccc(C)c2)cc1. The summed E-state index contributed by atoms with van der Waals surface area (Å²) in [5.74, 6) is 2.79. The molecule has 106 valence electrons. The summed E-state index contributed by atoms with van der Waals surface area (Å²) in [7, 11) is 1.67. The molecule has 2 N–H and O–H groups in total. The van der Waals surface area contributed by atoms with Gasteiger partial charge in [-0.25, -0.2) is 0 Å². The van der Waals surface area contributed by atoms with Crippen molar-refractivity contribution >= 4 is 11.8 Å². The molecule has 1 unspecified atom stereocenters. The second-order valence-electron chi connectivity index (χ2n) is 4.88. The summed E-state index contributed by atoms with van der Waals surface area (Å²) in [5.41, 5.74) is 10.0. The highest BCUT2D eigenvalue weighted by Crippen LogP contribution is 2.21. The van der Waals surface area contributed by atoms with E-state index in [4.69, 9.17) is 10.5 Å². The molecule has 0 aliphatic carbocycles. The molecule has 0 aliphatic heterocycles. The number of methoxy groups -OCH3 is 1. The molecule has 0 saturated heterocycles. The second kappa shape index (κ2) is 7.36. The van der Waals surface area contributed by atoms with Crippen LogP contribution < -0.4 is 10.5 Å². The molecule has 1 atom stereocenters. The first-order chi connectivity index (χ1) is 9.69. The van der Waals surface area contributed by atoms with Gasteiger partial charge in [0.25, 0.3) is 0 Å². The smallest absolute Gasteiger partial charge is 0.118 e. The van der Waals surface area contributed by atoms with E-state index >= 15 is 0 Å². The first-order valence-corrected chi connectivity index (χ1v) is 7.87. The Morgan fingerprint density at radius 1 is 1.15 bits per heavy atom. The van der Waals surface area contributed by atoms with E-state index in [-0.39, 0.29) is 6.04 Å². The Bertz CT molecular complexity index is 539. The van der Waals surface area contributed by atoms with Crippen LogP contribution in [0.2, 0.25) is 0 Å². The zero-order chi connectivity index (χ0) is 14.4.